The fraction of sp³-hybridized carbons (Fsp3) is 0.294. The number of ether oxygens (including phenoxy) is 1. The lowest BCUT2D eigenvalue weighted by Gasteiger charge is -2.26. The van der Waals surface area contributed by atoms with Gasteiger partial charge in [0.25, 0.3) is 0 Å². The second-order valence-electron chi connectivity index (χ2n) is 5.95. The first-order valence-electron chi connectivity index (χ1n) is 7.15. The number of nitrogens with one attached hydrogen (secondary N) is 1. The molecule has 0 aromatic heterocycles. The molecule has 0 radical (unpaired) electrons. The lowest BCUT2D eigenvalue weighted by atomic mass is 9.96. The molecule has 0 saturated heterocycles. The Kier molecular flexibility index (Phi) is 5.70. The van der Waals surface area contributed by atoms with Gasteiger partial charge >= 0.3 is 0 Å². The van der Waals surface area contributed by atoms with Gasteiger partial charge in [0.15, 0.2) is 0 Å². The molecule has 4 nitrogen and oxygen atoms in total. The van der Waals surface area contributed by atoms with Crippen molar-refractivity contribution in [1.82, 2.24) is 4.72 Å². The third kappa shape index (κ3) is 4.92. The van der Waals surface area contributed by atoms with Crippen molar-refractivity contribution in [1.29, 1.82) is 0 Å². The third-order valence-corrected chi connectivity index (χ3v) is 5.87. The van der Waals surface area contributed by atoms with Crippen molar-refractivity contribution < 1.29 is 13.2 Å². The summed E-state index contributed by atoms with van der Waals surface area (Å²) in [6.45, 7) is 3.76. The van der Waals surface area contributed by atoms with E-state index in [9.17, 15) is 8.42 Å². The zero-order chi connectivity index (χ0) is 17.1. The van der Waals surface area contributed by atoms with Crippen LogP contribution in [-0.4, -0.2) is 21.1 Å². The van der Waals surface area contributed by atoms with E-state index in [0.717, 1.165) is 9.13 Å². The highest BCUT2D eigenvalue weighted by molar-refractivity contribution is 14.1. The molecule has 2 rings (SSSR count). The summed E-state index contributed by atoms with van der Waals surface area (Å²) >= 11 is 2.06. The van der Waals surface area contributed by atoms with Crippen LogP contribution in [0.4, 0.5) is 0 Å². The summed E-state index contributed by atoms with van der Waals surface area (Å²) < 4.78 is 34.0. The van der Waals surface area contributed by atoms with Crippen LogP contribution in [0.2, 0.25) is 0 Å². The Bertz CT molecular complexity index is 774. The molecule has 0 aliphatic rings. The van der Waals surface area contributed by atoms with Gasteiger partial charge in [0.1, 0.15) is 5.75 Å². The summed E-state index contributed by atoms with van der Waals surface area (Å²) in [6.07, 6.45) is 0.611. The molecule has 0 spiro atoms. The van der Waals surface area contributed by atoms with Crippen molar-refractivity contribution >= 4 is 32.6 Å². The lowest BCUT2D eigenvalue weighted by Crippen LogP contribution is -2.45. The Morgan fingerprint density at radius 3 is 2.35 bits per heavy atom. The van der Waals surface area contributed by atoms with E-state index in [2.05, 4.69) is 27.3 Å². The summed E-state index contributed by atoms with van der Waals surface area (Å²) in [5.41, 5.74) is 0.496. The molecular weight excluding hydrogens is 425 g/mol. The van der Waals surface area contributed by atoms with E-state index < -0.39 is 15.6 Å². The zero-order valence-corrected chi connectivity index (χ0v) is 16.3. The monoisotopic (exact) mass is 445 g/mol. The van der Waals surface area contributed by atoms with Crippen molar-refractivity contribution in [3.63, 3.8) is 0 Å². The molecule has 23 heavy (non-hydrogen) atoms. The average Bonchev–Trinajstić information content (AvgIpc) is 2.46. The Morgan fingerprint density at radius 2 is 1.78 bits per heavy atom. The van der Waals surface area contributed by atoms with Gasteiger partial charge in [0.05, 0.1) is 15.6 Å². The summed E-state index contributed by atoms with van der Waals surface area (Å²) in [6, 6.07) is 14.7. The van der Waals surface area contributed by atoms with Crippen molar-refractivity contribution in [2.45, 2.75) is 30.7 Å². The molecular formula is C17H20INO3S. The van der Waals surface area contributed by atoms with Crippen LogP contribution in [-0.2, 0) is 16.4 Å². The highest BCUT2D eigenvalue weighted by atomic mass is 127. The molecule has 1 N–H and O–H groups in total. The average molecular weight is 445 g/mol. The van der Waals surface area contributed by atoms with Crippen molar-refractivity contribution in [3.8, 4) is 5.75 Å². The minimum Gasteiger partial charge on any atom is -0.496 e. The quantitative estimate of drug-likeness (QED) is 0.692. The number of hydrogen-bond donors (Lipinski definition) is 1. The molecule has 124 valence electrons. The van der Waals surface area contributed by atoms with Crippen LogP contribution in [0.25, 0.3) is 0 Å². The van der Waals surface area contributed by atoms with E-state index in [-0.39, 0.29) is 4.90 Å². The van der Waals surface area contributed by atoms with Crippen LogP contribution in [0.1, 0.15) is 19.4 Å². The number of methoxy groups -OCH3 is 1. The number of hydrogen-bond acceptors (Lipinski definition) is 3. The second-order valence-corrected chi connectivity index (χ2v) is 8.79. The Hall–Kier alpha value is -1.12. The topological polar surface area (TPSA) is 55.4 Å². The predicted molar refractivity (Wildman–Crippen MR) is 100 cm³/mol. The van der Waals surface area contributed by atoms with Crippen molar-refractivity contribution in [2.24, 2.45) is 0 Å². The largest absolute Gasteiger partial charge is 0.496 e. The van der Waals surface area contributed by atoms with E-state index in [1.165, 1.54) is 0 Å². The van der Waals surface area contributed by atoms with E-state index in [4.69, 9.17) is 4.74 Å². The number of sulfonamides is 1. The normalized spacial score (nSPS) is 12.2. The molecule has 6 heteroatoms. The van der Waals surface area contributed by atoms with Crippen molar-refractivity contribution in [2.75, 3.05) is 7.11 Å². The third-order valence-electron chi connectivity index (χ3n) is 3.33. The highest BCUT2D eigenvalue weighted by Gasteiger charge is 2.27. The SMILES string of the molecule is COc1ccc(S(=O)(=O)NC(C)(C)Cc2ccccc2)cc1I. The van der Waals surface area contributed by atoms with Crippen LogP contribution in [0.5, 0.6) is 5.75 Å². The molecule has 0 bridgehead atoms. The molecule has 2 aromatic rings. The van der Waals surface area contributed by atoms with Crippen LogP contribution in [0.3, 0.4) is 0 Å². The number of benzene rings is 2. The first kappa shape index (κ1) is 18.2. The second kappa shape index (κ2) is 7.19. The van der Waals surface area contributed by atoms with Gasteiger partial charge in [-0.15, -0.1) is 0 Å². The minimum absolute atomic E-state index is 0.240. The smallest absolute Gasteiger partial charge is 0.241 e. The lowest BCUT2D eigenvalue weighted by molar-refractivity contribution is 0.411. The summed E-state index contributed by atoms with van der Waals surface area (Å²) in [5.74, 6) is 0.660. The molecule has 0 aliphatic heterocycles. The van der Waals surface area contributed by atoms with Crippen LogP contribution >= 0.6 is 22.6 Å². The standard InChI is InChI=1S/C17H20INO3S/c1-17(2,12-13-7-5-4-6-8-13)19-23(20,21)14-9-10-16(22-3)15(18)11-14/h4-11,19H,12H2,1-3H3. The summed E-state index contributed by atoms with van der Waals surface area (Å²) in [7, 11) is -2.03. The van der Waals surface area contributed by atoms with Gasteiger partial charge in [0.2, 0.25) is 10.0 Å². The fourth-order valence-corrected chi connectivity index (χ4v) is 4.76. The zero-order valence-electron chi connectivity index (χ0n) is 13.3. The van der Waals surface area contributed by atoms with E-state index in [1.807, 2.05) is 44.2 Å². The van der Waals surface area contributed by atoms with Crippen LogP contribution < -0.4 is 9.46 Å². The Morgan fingerprint density at radius 1 is 1.13 bits per heavy atom. The molecule has 0 aliphatic carbocycles. The van der Waals surface area contributed by atoms with Gasteiger partial charge in [-0.25, -0.2) is 13.1 Å². The molecule has 0 unspecified atom stereocenters. The summed E-state index contributed by atoms with van der Waals surface area (Å²) in [5, 5.41) is 0. The fourth-order valence-electron chi connectivity index (χ4n) is 2.38. The first-order valence-corrected chi connectivity index (χ1v) is 9.71. The maximum Gasteiger partial charge on any atom is 0.241 e. The van der Waals surface area contributed by atoms with Gasteiger partial charge in [-0.3, -0.25) is 0 Å². The Balaban J connectivity index is 2.21. The van der Waals surface area contributed by atoms with Gasteiger partial charge in [0, 0.05) is 5.54 Å². The predicted octanol–water partition coefficient (Wildman–Crippen LogP) is 3.60. The first-order chi connectivity index (χ1) is 10.7. The van der Waals surface area contributed by atoms with Gasteiger partial charge in [-0.05, 0) is 66.6 Å². The number of halogens is 1. The van der Waals surface area contributed by atoms with Crippen molar-refractivity contribution in [3.05, 3.63) is 57.7 Å². The molecule has 0 amide bonds. The minimum atomic E-state index is -3.60. The van der Waals surface area contributed by atoms with E-state index in [0.29, 0.717) is 12.2 Å². The van der Waals surface area contributed by atoms with Crippen LogP contribution in [0, 0.1) is 3.57 Å². The van der Waals surface area contributed by atoms with Gasteiger partial charge in [-0.2, -0.15) is 0 Å². The number of rotatable bonds is 6. The summed E-state index contributed by atoms with van der Waals surface area (Å²) in [4.78, 5) is 0.240. The molecule has 0 fully saturated rings. The Labute approximate surface area is 151 Å². The molecule has 0 atom stereocenters. The molecule has 0 saturated carbocycles. The van der Waals surface area contributed by atoms with Gasteiger partial charge in [-0.1, -0.05) is 30.3 Å². The highest BCUT2D eigenvalue weighted by Crippen LogP contribution is 2.25. The maximum atomic E-state index is 12.6. The van der Waals surface area contributed by atoms with Gasteiger partial charge < -0.3 is 4.74 Å². The molecule has 2 aromatic carbocycles. The van der Waals surface area contributed by atoms with E-state index >= 15 is 0 Å². The molecule has 0 heterocycles. The maximum absolute atomic E-state index is 12.6. The van der Waals surface area contributed by atoms with Crippen LogP contribution in [0.15, 0.2) is 53.4 Å². The van der Waals surface area contributed by atoms with E-state index in [1.54, 1.807) is 25.3 Å².